The van der Waals surface area contributed by atoms with Gasteiger partial charge in [0.05, 0.1) is 0 Å². The van der Waals surface area contributed by atoms with Crippen LogP contribution in [0.5, 0.6) is 0 Å². The largest absolute Gasteiger partial charge is 0.381 e. The van der Waals surface area contributed by atoms with Gasteiger partial charge in [0.25, 0.3) is 0 Å². The van der Waals surface area contributed by atoms with Gasteiger partial charge in [-0.3, -0.25) is 0 Å². The fraction of sp³-hybridized carbons (Fsp3) is 0.143. The predicted octanol–water partition coefficient (Wildman–Crippen LogP) is 4.91. The lowest BCUT2D eigenvalue weighted by molar-refractivity contribution is 1.14. The minimum Gasteiger partial charge on any atom is -0.381 e. The maximum absolute atomic E-state index is 5.96. The highest BCUT2D eigenvalue weighted by atomic mass is 35.5. The van der Waals surface area contributed by atoms with Crippen molar-refractivity contribution in [3.8, 4) is 0 Å². The Balaban J connectivity index is 2.09. The molecule has 88 valence electrons. The molecule has 2 rings (SSSR count). The first-order valence-corrected chi connectivity index (χ1v) is 6.15. The van der Waals surface area contributed by atoms with Crippen molar-refractivity contribution in [3.05, 3.63) is 63.6 Å². The van der Waals surface area contributed by atoms with Crippen molar-refractivity contribution in [1.82, 2.24) is 0 Å². The highest BCUT2D eigenvalue weighted by molar-refractivity contribution is 6.31. The van der Waals surface area contributed by atoms with Gasteiger partial charge in [-0.1, -0.05) is 41.4 Å². The van der Waals surface area contributed by atoms with Crippen molar-refractivity contribution in [1.29, 1.82) is 0 Å². The summed E-state index contributed by atoms with van der Waals surface area (Å²) in [6.45, 7) is 2.79. The van der Waals surface area contributed by atoms with Crippen LogP contribution in [0, 0.1) is 6.92 Å². The van der Waals surface area contributed by atoms with Crippen LogP contribution in [-0.2, 0) is 6.54 Å². The van der Waals surface area contributed by atoms with E-state index in [1.54, 1.807) is 0 Å². The molecule has 1 N–H and O–H groups in total. The van der Waals surface area contributed by atoms with Crippen molar-refractivity contribution in [3.63, 3.8) is 0 Å². The van der Waals surface area contributed by atoms with Gasteiger partial charge < -0.3 is 5.32 Å². The third-order valence-corrected chi connectivity index (χ3v) is 3.04. The van der Waals surface area contributed by atoms with Crippen LogP contribution in [0.15, 0.2) is 42.5 Å². The lowest BCUT2D eigenvalue weighted by atomic mass is 10.2. The second-order valence-electron chi connectivity index (χ2n) is 3.94. The summed E-state index contributed by atoms with van der Waals surface area (Å²) < 4.78 is 0. The van der Waals surface area contributed by atoms with E-state index < -0.39 is 0 Å². The summed E-state index contributed by atoms with van der Waals surface area (Å²) in [6.07, 6.45) is 0. The van der Waals surface area contributed by atoms with E-state index in [4.69, 9.17) is 23.2 Å². The van der Waals surface area contributed by atoms with Gasteiger partial charge in [0.2, 0.25) is 0 Å². The van der Waals surface area contributed by atoms with Gasteiger partial charge in [-0.2, -0.15) is 0 Å². The molecule has 0 saturated carbocycles. The summed E-state index contributed by atoms with van der Waals surface area (Å²) in [5, 5.41) is 4.85. The Labute approximate surface area is 111 Å². The van der Waals surface area contributed by atoms with Crippen LogP contribution in [0.4, 0.5) is 5.69 Å². The van der Waals surface area contributed by atoms with E-state index in [1.165, 1.54) is 5.56 Å². The molecule has 0 aliphatic carbocycles. The average molecular weight is 266 g/mol. The predicted molar refractivity (Wildman–Crippen MR) is 75.0 cm³/mol. The molecule has 0 heterocycles. The molecule has 2 aromatic carbocycles. The first-order chi connectivity index (χ1) is 8.15. The first kappa shape index (κ1) is 12.3. The molecule has 0 aliphatic rings. The van der Waals surface area contributed by atoms with Crippen LogP contribution in [0.3, 0.4) is 0 Å². The van der Waals surface area contributed by atoms with E-state index in [9.17, 15) is 0 Å². The van der Waals surface area contributed by atoms with E-state index in [1.807, 2.05) is 42.5 Å². The highest BCUT2D eigenvalue weighted by Gasteiger charge is 1.99. The Morgan fingerprint density at radius 3 is 2.53 bits per heavy atom. The number of benzene rings is 2. The van der Waals surface area contributed by atoms with Gasteiger partial charge in [-0.05, 0) is 42.3 Å². The first-order valence-electron chi connectivity index (χ1n) is 5.39. The fourth-order valence-electron chi connectivity index (χ4n) is 1.63. The second-order valence-corrected chi connectivity index (χ2v) is 4.82. The van der Waals surface area contributed by atoms with Gasteiger partial charge in [0.15, 0.2) is 0 Å². The van der Waals surface area contributed by atoms with Crippen molar-refractivity contribution < 1.29 is 0 Å². The van der Waals surface area contributed by atoms with Crippen LogP contribution < -0.4 is 5.32 Å². The number of nitrogens with one attached hydrogen (secondary N) is 1. The maximum Gasteiger partial charge on any atom is 0.0426 e. The van der Waals surface area contributed by atoms with E-state index in [2.05, 4.69) is 12.2 Å². The summed E-state index contributed by atoms with van der Waals surface area (Å²) in [5.74, 6) is 0. The average Bonchev–Trinajstić information content (AvgIpc) is 2.30. The molecule has 0 unspecified atom stereocenters. The Morgan fingerprint density at radius 2 is 1.76 bits per heavy atom. The molecule has 1 nitrogen and oxygen atoms in total. The molecular formula is C14H13Cl2N. The number of halogens is 2. The zero-order valence-electron chi connectivity index (χ0n) is 9.50. The molecule has 17 heavy (non-hydrogen) atoms. The minimum atomic E-state index is 0.738. The monoisotopic (exact) mass is 265 g/mol. The third-order valence-electron chi connectivity index (χ3n) is 2.57. The van der Waals surface area contributed by atoms with Gasteiger partial charge >= 0.3 is 0 Å². The van der Waals surface area contributed by atoms with E-state index in [0.29, 0.717) is 0 Å². The Kier molecular flexibility index (Phi) is 3.93. The number of rotatable bonds is 3. The van der Waals surface area contributed by atoms with Crippen molar-refractivity contribution in [2.75, 3.05) is 5.32 Å². The number of hydrogen-bond acceptors (Lipinski definition) is 1. The van der Waals surface area contributed by atoms with Crippen molar-refractivity contribution >= 4 is 28.9 Å². The van der Waals surface area contributed by atoms with Crippen LogP contribution in [0.25, 0.3) is 0 Å². The van der Waals surface area contributed by atoms with Gasteiger partial charge in [0, 0.05) is 22.3 Å². The second kappa shape index (κ2) is 5.44. The molecule has 3 heteroatoms. The zero-order valence-corrected chi connectivity index (χ0v) is 11.0. The fourth-order valence-corrected chi connectivity index (χ4v) is 2.01. The number of anilines is 1. The molecule has 0 fully saturated rings. The van der Waals surface area contributed by atoms with Crippen LogP contribution in [0.1, 0.15) is 11.1 Å². The Hall–Kier alpha value is -1.18. The topological polar surface area (TPSA) is 12.0 Å². The molecule has 0 amide bonds. The lowest BCUT2D eigenvalue weighted by Gasteiger charge is -2.10. The molecule has 2 aromatic rings. The standard InChI is InChI=1S/C14H13Cl2N/c1-10-5-6-13(16)8-14(10)17-9-11-3-2-4-12(15)7-11/h2-8,17H,9H2,1H3. The number of aryl methyl sites for hydroxylation is 1. The van der Waals surface area contributed by atoms with Crippen LogP contribution >= 0.6 is 23.2 Å². The minimum absolute atomic E-state index is 0.738. The lowest BCUT2D eigenvalue weighted by Crippen LogP contribution is -2.00. The van der Waals surface area contributed by atoms with Gasteiger partial charge in [-0.25, -0.2) is 0 Å². The van der Waals surface area contributed by atoms with Crippen molar-refractivity contribution in [2.45, 2.75) is 13.5 Å². The molecule has 0 saturated heterocycles. The van der Waals surface area contributed by atoms with Crippen LogP contribution in [0.2, 0.25) is 10.0 Å². The molecule has 0 aromatic heterocycles. The Bertz CT molecular complexity index is 523. The molecule has 0 bridgehead atoms. The molecule has 0 aliphatic heterocycles. The quantitative estimate of drug-likeness (QED) is 0.831. The van der Waals surface area contributed by atoms with E-state index in [0.717, 1.165) is 27.8 Å². The van der Waals surface area contributed by atoms with E-state index in [-0.39, 0.29) is 0 Å². The molecule has 0 spiro atoms. The Morgan fingerprint density at radius 1 is 1.00 bits per heavy atom. The third kappa shape index (κ3) is 3.39. The summed E-state index contributed by atoms with van der Waals surface area (Å²) in [4.78, 5) is 0. The van der Waals surface area contributed by atoms with Crippen LogP contribution in [-0.4, -0.2) is 0 Å². The van der Waals surface area contributed by atoms with Crippen molar-refractivity contribution in [2.24, 2.45) is 0 Å². The normalized spacial score (nSPS) is 10.3. The van der Waals surface area contributed by atoms with Gasteiger partial charge in [-0.15, -0.1) is 0 Å². The van der Waals surface area contributed by atoms with Gasteiger partial charge in [0.1, 0.15) is 0 Å². The summed E-state index contributed by atoms with van der Waals surface area (Å²) >= 11 is 11.9. The summed E-state index contributed by atoms with van der Waals surface area (Å²) in [7, 11) is 0. The molecule has 0 atom stereocenters. The number of hydrogen-bond donors (Lipinski definition) is 1. The maximum atomic E-state index is 5.96. The highest BCUT2D eigenvalue weighted by Crippen LogP contribution is 2.21. The SMILES string of the molecule is Cc1ccc(Cl)cc1NCc1cccc(Cl)c1. The molecule has 0 radical (unpaired) electrons. The zero-order chi connectivity index (χ0) is 12.3. The molecular weight excluding hydrogens is 253 g/mol. The van der Waals surface area contributed by atoms with E-state index >= 15 is 0 Å². The summed E-state index contributed by atoms with van der Waals surface area (Å²) in [5.41, 5.74) is 3.38. The smallest absolute Gasteiger partial charge is 0.0426 e. The summed E-state index contributed by atoms with van der Waals surface area (Å²) in [6, 6.07) is 13.6.